The largest absolute Gasteiger partial charge is 0.398 e. The smallest absolute Gasteiger partial charge is 0.242 e. The SMILES string of the molecule is CCN(CC)CC(C)NS(=O)(=O)c1cc(Cl)cc(N)c1Br. The standard InChI is InChI=1S/C13H21BrClN3O2S/c1-4-18(5-2)8-9(3)17-21(19,20)12-7-10(15)6-11(16)13(12)14/h6-7,9,17H,4-5,8,16H2,1-3H3. The van der Waals surface area contributed by atoms with E-state index in [4.69, 9.17) is 17.3 Å². The molecule has 120 valence electrons. The first-order chi connectivity index (χ1) is 9.71. The highest BCUT2D eigenvalue weighted by Crippen LogP contribution is 2.31. The molecule has 1 rings (SSSR count). The van der Waals surface area contributed by atoms with Gasteiger partial charge >= 0.3 is 0 Å². The number of hydrogen-bond donors (Lipinski definition) is 2. The third-order valence-electron chi connectivity index (χ3n) is 3.10. The average molecular weight is 399 g/mol. The van der Waals surface area contributed by atoms with E-state index in [1.54, 1.807) is 0 Å². The van der Waals surface area contributed by atoms with Crippen LogP contribution < -0.4 is 10.5 Å². The van der Waals surface area contributed by atoms with Crippen molar-refractivity contribution < 1.29 is 8.42 Å². The maximum Gasteiger partial charge on any atom is 0.242 e. The van der Waals surface area contributed by atoms with Crippen LogP contribution in [0.4, 0.5) is 5.69 Å². The first kappa shape index (κ1) is 18.7. The van der Waals surface area contributed by atoms with Crippen LogP contribution >= 0.6 is 27.5 Å². The molecule has 8 heteroatoms. The predicted molar refractivity (Wildman–Crippen MR) is 91.1 cm³/mol. The summed E-state index contributed by atoms with van der Waals surface area (Å²) in [5.41, 5.74) is 6.03. The Balaban J connectivity index is 2.97. The molecule has 0 radical (unpaired) electrons. The summed E-state index contributed by atoms with van der Waals surface area (Å²) in [6.45, 7) is 8.29. The number of nitrogens with two attached hydrogens (primary N) is 1. The summed E-state index contributed by atoms with van der Waals surface area (Å²) in [7, 11) is -3.69. The number of nitrogens with zero attached hydrogens (tertiary/aromatic N) is 1. The Morgan fingerprint density at radius 3 is 2.48 bits per heavy atom. The number of halogens is 2. The number of rotatable bonds is 7. The molecule has 1 unspecified atom stereocenters. The number of nitrogen functional groups attached to an aromatic ring is 1. The fourth-order valence-electron chi connectivity index (χ4n) is 2.01. The average Bonchev–Trinajstić information content (AvgIpc) is 2.39. The van der Waals surface area contributed by atoms with E-state index in [1.807, 2.05) is 20.8 Å². The van der Waals surface area contributed by atoms with Gasteiger partial charge in [0.05, 0.1) is 9.37 Å². The van der Waals surface area contributed by atoms with E-state index < -0.39 is 10.0 Å². The van der Waals surface area contributed by atoms with Gasteiger partial charge in [-0.25, -0.2) is 13.1 Å². The monoisotopic (exact) mass is 397 g/mol. The van der Waals surface area contributed by atoms with Gasteiger partial charge in [-0.3, -0.25) is 0 Å². The van der Waals surface area contributed by atoms with Crippen molar-refractivity contribution in [2.45, 2.75) is 31.7 Å². The van der Waals surface area contributed by atoms with Crippen molar-refractivity contribution >= 4 is 43.2 Å². The van der Waals surface area contributed by atoms with Crippen molar-refractivity contribution in [2.75, 3.05) is 25.4 Å². The molecule has 0 saturated carbocycles. The number of benzene rings is 1. The van der Waals surface area contributed by atoms with Gasteiger partial charge < -0.3 is 10.6 Å². The molecule has 0 aliphatic carbocycles. The van der Waals surface area contributed by atoms with Gasteiger partial charge in [-0.05, 0) is 48.1 Å². The molecule has 0 fully saturated rings. The molecule has 1 aromatic carbocycles. The molecular formula is C13H21BrClN3O2S. The summed E-state index contributed by atoms with van der Waals surface area (Å²) in [4.78, 5) is 2.20. The minimum atomic E-state index is -3.69. The second-order valence-electron chi connectivity index (χ2n) is 4.82. The van der Waals surface area contributed by atoms with Crippen molar-refractivity contribution in [1.29, 1.82) is 0 Å². The lowest BCUT2D eigenvalue weighted by Gasteiger charge is -2.23. The molecule has 0 aromatic heterocycles. The molecule has 0 aliphatic rings. The van der Waals surface area contributed by atoms with Crippen LogP contribution in [0.15, 0.2) is 21.5 Å². The molecule has 1 aromatic rings. The first-order valence-corrected chi connectivity index (χ1v) is 9.35. The Kier molecular flexibility index (Phi) is 6.93. The summed E-state index contributed by atoms with van der Waals surface area (Å²) in [6.07, 6.45) is 0. The molecule has 5 nitrogen and oxygen atoms in total. The Morgan fingerprint density at radius 2 is 1.95 bits per heavy atom. The lowest BCUT2D eigenvalue weighted by atomic mass is 10.3. The molecule has 0 aliphatic heterocycles. The maximum absolute atomic E-state index is 12.5. The van der Waals surface area contributed by atoms with E-state index in [2.05, 4.69) is 25.6 Å². The second-order valence-corrected chi connectivity index (χ2v) is 7.73. The number of anilines is 1. The summed E-state index contributed by atoms with van der Waals surface area (Å²) >= 11 is 9.10. The number of sulfonamides is 1. The Hall–Kier alpha value is -0.340. The second kappa shape index (κ2) is 7.78. The summed E-state index contributed by atoms with van der Waals surface area (Å²) in [6, 6.07) is 2.67. The Morgan fingerprint density at radius 1 is 1.38 bits per heavy atom. The van der Waals surface area contributed by atoms with Gasteiger partial charge in [-0.1, -0.05) is 25.4 Å². The van der Waals surface area contributed by atoms with E-state index in [-0.39, 0.29) is 16.0 Å². The van der Waals surface area contributed by atoms with E-state index in [0.29, 0.717) is 16.7 Å². The van der Waals surface area contributed by atoms with Crippen molar-refractivity contribution in [3.63, 3.8) is 0 Å². The lowest BCUT2D eigenvalue weighted by molar-refractivity contribution is 0.282. The van der Waals surface area contributed by atoms with Gasteiger partial charge in [0.2, 0.25) is 10.0 Å². The van der Waals surface area contributed by atoms with Crippen LogP contribution in [0.2, 0.25) is 5.02 Å². The van der Waals surface area contributed by atoms with Crippen molar-refractivity contribution in [1.82, 2.24) is 9.62 Å². The van der Waals surface area contributed by atoms with Crippen LogP contribution in [-0.4, -0.2) is 39.0 Å². The molecule has 3 N–H and O–H groups in total. The zero-order chi connectivity index (χ0) is 16.2. The van der Waals surface area contributed by atoms with Crippen molar-refractivity contribution in [3.05, 3.63) is 21.6 Å². The van der Waals surface area contributed by atoms with Crippen molar-refractivity contribution in [3.8, 4) is 0 Å². The summed E-state index contributed by atoms with van der Waals surface area (Å²) in [5.74, 6) is 0. The first-order valence-electron chi connectivity index (χ1n) is 6.70. The maximum atomic E-state index is 12.5. The third-order valence-corrected chi connectivity index (χ3v) is 6.08. The van der Waals surface area contributed by atoms with Crippen LogP contribution in [0.3, 0.4) is 0 Å². The molecule has 0 bridgehead atoms. The van der Waals surface area contributed by atoms with E-state index in [1.165, 1.54) is 12.1 Å². The highest BCUT2D eigenvalue weighted by atomic mass is 79.9. The highest BCUT2D eigenvalue weighted by molar-refractivity contribution is 9.10. The topological polar surface area (TPSA) is 75.4 Å². The molecule has 1 atom stereocenters. The predicted octanol–water partition coefficient (Wildman–Crippen LogP) is 2.69. The van der Waals surface area contributed by atoms with Crippen LogP contribution in [-0.2, 0) is 10.0 Å². The van der Waals surface area contributed by atoms with E-state index in [0.717, 1.165) is 13.1 Å². The van der Waals surface area contributed by atoms with Gasteiger partial charge in [0, 0.05) is 23.3 Å². The van der Waals surface area contributed by atoms with Gasteiger partial charge in [-0.2, -0.15) is 0 Å². The Labute approximate surface area is 140 Å². The molecule has 0 spiro atoms. The van der Waals surface area contributed by atoms with Crippen LogP contribution in [0.5, 0.6) is 0 Å². The van der Waals surface area contributed by atoms with Gasteiger partial charge in [0.15, 0.2) is 0 Å². The molecule has 21 heavy (non-hydrogen) atoms. The van der Waals surface area contributed by atoms with Crippen LogP contribution in [0.1, 0.15) is 20.8 Å². The number of hydrogen-bond acceptors (Lipinski definition) is 4. The molecular weight excluding hydrogens is 378 g/mol. The zero-order valence-electron chi connectivity index (χ0n) is 12.4. The fourth-order valence-corrected chi connectivity index (χ4v) is 4.54. The van der Waals surface area contributed by atoms with Gasteiger partial charge in [-0.15, -0.1) is 0 Å². The van der Waals surface area contributed by atoms with Crippen LogP contribution in [0.25, 0.3) is 0 Å². The minimum Gasteiger partial charge on any atom is -0.398 e. The Bertz CT molecular complexity index is 591. The van der Waals surface area contributed by atoms with Crippen LogP contribution in [0, 0.1) is 0 Å². The van der Waals surface area contributed by atoms with Crippen molar-refractivity contribution in [2.24, 2.45) is 0 Å². The normalized spacial score (nSPS) is 13.6. The number of nitrogens with one attached hydrogen (secondary N) is 1. The van der Waals surface area contributed by atoms with E-state index >= 15 is 0 Å². The van der Waals surface area contributed by atoms with Gasteiger partial charge in [0.1, 0.15) is 0 Å². The number of likely N-dealkylation sites (N-methyl/N-ethyl adjacent to an activating group) is 1. The fraction of sp³-hybridized carbons (Fsp3) is 0.538. The van der Waals surface area contributed by atoms with E-state index in [9.17, 15) is 8.42 Å². The molecule has 0 saturated heterocycles. The molecule has 0 heterocycles. The van der Waals surface area contributed by atoms with Gasteiger partial charge in [0.25, 0.3) is 0 Å². The zero-order valence-corrected chi connectivity index (χ0v) is 15.5. The third kappa shape index (κ3) is 5.10. The lowest BCUT2D eigenvalue weighted by Crippen LogP contribution is -2.42. The minimum absolute atomic E-state index is 0.0545. The summed E-state index contributed by atoms with van der Waals surface area (Å²) < 4.78 is 27.9. The quantitative estimate of drug-likeness (QED) is 0.692. The summed E-state index contributed by atoms with van der Waals surface area (Å²) in [5, 5.41) is 0.285. The highest BCUT2D eigenvalue weighted by Gasteiger charge is 2.23. The molecule has 0 amide bonds.